The molecule has 0 saturated carbocycles. The summed E-state index contributed by atoms with van der Waals surface area (Å²) in [5, 5.41) is 2.96. The first-order valence-electron chi connectivity index (χ1n) is 10.8. The summed E-state index contributed by atoms with van der Waals surface area (Å²) in [7, 11) is -3.58. The van der Waals surface area contributed by atoms with E-state index in [0.29, 0.717) is 19.4 Å². The molecule has 0 spiro atoms. The monoisotopic (exact) mass is 443 g/mol. The van der Waals surface area contributed by atoms with Crippen LogP contribution in [0.3, 0.4) is 0 Å². The van der Waals surface area contributed by atoms with E-state index in [1.54, 1.807) is 30.3 Å². The Labute approximate surface area is 184 Å². The normalized spacial score (nSPS) is 21.0. The van der Waals surface area contributed by atoms with Crippen LogP contribution in [0.25, 0.3) is 0 Å². The van der Waals surface area contributed by atoms with Gasteiger partial charge in [-0.1, -0.05) is 30.3 Å². The number of sulfonamides is 1. The molecule has 2 aromatic carbocycles. The molecule has 0 aliphatic carbocycles. The zero-order chi connectivity index (χ0) is 21.7. The Morgan fingerprint density at radius 3 is 2.42 bits per heavy atom. The Bertz CT molecular complexity index is 974. The van der Waals surface area contributed by atoms with Gasteiger partial charge in [-0.15, -0.1) is 0 Å². The largest absolute Gasteiger partial charge is 0.379 e. The predicted octanol–water partition coefficient (Wildman–Crippen LogP) is 2.56. The van der Waals surface area contributed by atoms with Gasteiger partial charge >= 0.3 is 0 Å². The van der Waals surface area contributed by atoms with Crippen LogP contribution >= 0.6 is 0 Å². The van der Waals surface area contributed by atoms with Crippen molar-refractivity contribution in [3.8, 4) is 0 Å². The molecule has 4 rings (SSSR count). The van der Waals surface area contributed by atoms with E-state index in [1.807, 2.05) is 24.3 Å². The maximum absolute atomic E-state index is 12.9. The summed E-state index contributed by atoms with van der Waals surface area (Å²) in [6.07, 6.45) is 1.35. The Kier molecular flexibility index (Phi) is 7.02. The van der Waals surface area contributed by atoms with E-state index in [2.05, 4.69) is 10.2 Å². The van der Waals surface area contributed by atoms with Crippen molar-refractivity contribution < 1.29 is 17.9 Å². The molecule has 0 radical (unpaired) electrons. The second-order valence-electron chi connectivity index (χ2n) is 8.09. The lowest BCUT2D eigenvalue weighted by molar-refractivity contribution is -0.120. The molecule has 2 heterocycles. The van der Waals surface area contributed by atoms with Crippen molar-refractivity contribution >= 4 is 21.6 Å². The van der Waals surface area contributed by atoms with Crippen LogP contribution in [0.1, 0.15) is 18.4 Å². The fourth-order valence-electron chi connectivity index (χ4n) is 4.07. The van der Waals surface area contributed by atoms with E-state index in [4.69, 9.17) is 4.74 Å². The summed E-state index contributed by atoms with van der Waals surface area (Å²) < 4.78 is 32.6. The number of hydrogen-bond donors (Lipinski definition) is 1. The highest BCUT2D eigenvalue weighted by Gasteiger charge is 2.33. The van der Waals surface area contributed by atoms with Gasteiger partial charge in [0, 0.05) is 38.4 Å². The van der Waals surface area contributed by atoms with Gasteiger partial charge in [0.1, 0.15) is 0 Å². The van der Waals surface area contributed by atoms with E-state index in [1.165, 1.54) is 9.87 Å². The third kappa shape index (κ3) is 5.51. The van der Waals surface area contributed by atoms with Crippen LogP contribution in [-0.2, 0) is 26.1 Å². The zero-order valence-corrected chi connectivity index (χ0v) is 18.4. The molecule has 2 aromatic rings. The molecule has 2 aliphatic heterocycles. The minimum Gasteiger partial charge on any atom is -0.379 e. The number of piperidine rings is 1. The lowest BCUT2D eigenvalue weighted by atomic mass is 9.98. The van der Waals surface area contributed by atoms with Crippen molar-refractivity contribution in [1.82, 2.24) is 9.21 Å². The maximum Gasteiger partial charge on any atom is 0.243 e. The molecule has 31 heavy (non-hydrogen) atoms. The number of amides is 1. The Hall–Kier alpha value is -2.26. The van der Waals surface area contributed by atoms with Gasteiger partial charge in [0.15, 0.2) is 0 Å². The molecule has 166 valence electrons. The number of carbonyl (C=O) groups is 1. The third-order valence-electron chi connectivity index (χ3n) is 5.87. The summed E-state index contributed by atoms with van der Waals surface area (Å²) in [5.41, 5.74) is 1.93. The lowest BCUT2D eigenvalue weighted by Crippen LogP contribution is -2.43. The molecule has 2 saturated heterocycles. The first-order chi connectivity index (χ1) is 15.0. The van der Waals surface area contributed by atoms with Crippen LogP contribution in [0.2, 0.25) is 0 Å². The molecular formula is C23H29N3O4S. The highest BCUT2D eigenvalue weighted by atomic mass is 32.2. The van der Waals surface area contributed by atoms with Crippen molar-refractivity contribution in [2.75, 3.05) is 44.7 Å². The van der Waals surface area contributed by atoms with E-state index in [9.17, 15) is 13.2 Å². The fraction of sp³-hybridized carbons (Fsp3) is 0.435. The van der Waals surface area contributed by atoms with Gasteiger partial charge in [0.25, 0.3) is 0 Å². The van der Waals surface area contributed by atoms with Gasteiger partial charge in [0.05, 0.1) is 24.0 Å². The molecule has 1 N–H and O–H groups in total. The van der Waals surface area contributed by atoms with Crippen molar-refractivity contribution in [1.29, 1.82) is 0 Å². The number of morpholine rings is 1. The smallest absolute Gasteiger partial charge is 0.243 e. The standard InChI is InChI=1S/C23H29N3O4S/c27-23(24-21-10-8-19(9-11-21)17-25-13-15-30-16-14-25)20-5-4-12-26(18-20)31(28,29)22-6-2-1-3-7-22/h1-3,6-11,20H,4-5,12-18H2,(H,24,27)/t20-/m1/s1. The topological polar surface area (TPSA) is 79.0 Å². The van der Waals surface area contributed by atoms with Gasteiger partial charge < -0.3 is 10.1 Å². The number of rotatable bonds is 6. The molecular weight excluding hydrogens is 414 g/mol. The van der Waals surface area contributed by atoms with E-state index >= 15 is 0 Å². The number of benzene rings is 2. The number of nitrogens with one attached hydrogen (secondary N) is 1. The van der Waals surface area contributed by atoms with E-state index in [0.717, 1.165) is 38.5 Å². The number of ether oxygens (including phenoxy) is 1. The molecule has 0 unspecified atom stereocenters. The van der Waals surface area contributed by atoms with Gasteiger partial charge in [-0.3, -0.25) is 9.69 Å². The SMILES string of the molecule is O=C(Nc1ccc(CN2CCOCC2)cc1)[C@@H]1CCCN(S(=O)(=O)c2ccccc2)C1. The Morgan fingerprint density at radius 2 is 1.71 bits per heavy atom. The average Bonchev–Trinajstić information content (AvgIpc) is 2.82. The first-order valence-corrected chi connectivity index (χ1v) is 12.2. The van der Waals surface area contributed by atoms with Gasteiger partial charge in [-0.2, -0.15) is 4.31 Å². The van der Waals surface area contributed by atoms with Gasteiger partial charge in [-0.25, -0.2) is 8.42 Å². The van der Waals surface area contributed by atoms with E-state index in [-0.39, 0.29) is 23.3 Å². The predicted molar refractivity (Wildman–Crippen MR) is 119 cm³/mol. The molecule has 2 aliphatic rings. The summed E-state index contributed by atoms with van der Waals surface area (Å²) >= 11 is 0. The van der Waals surface area contributed by atoms with Crippen LogP contribution in [0.15, 0.2) is 59.5 Å². The van der Waals surface area contributed by atoms with Crippen LogP contribution in [-0.4, -0.2) is 62.9 Å². The highest BCUT2D eigenvalue weighted by molar-refractivity contribution is 7.89. The van der Waals surface area contributed by atoms with Crippen molar-refractivity contribution in [2.24, 2.45) is 5.92 Å². The quantitative estimate of drug-likeness (QED) is 0.742. The second kappa shape index (κ2) is 9.91. The number of hydrogen-bond acceptors (Lipinski definition) is 5. The van der Waals surface area contributed by atoms with E-state index < -0.39 is 10.0 Å². The average molecular weight is 444 g/mol. The Morgan fingerprint density at radius 1 is 1.00 bits per heavy atom. The van der Waals surface area contributed by atoms with Crippen LogP contribution in [0, 0.1) is 5.92 Å². The molecule has 0 bridgehead atoms. The van der Waals surface area contributed by atoms with Crippen LogP contribution < -0.4 is 5.32 Å². The minimum atomic E-state index is -3.58. The summed E-state index contributed by atoms with van der Waals surface area (Å²) in [4.78, 5) is 15.4. The van der Waals surface area contributed by atoms with Gasteiger partial charge in [-0.05, 0) is 42.7 Å². The first kappa shape index (κ1) is 22.0. The minimum absolute atomic E-state index is 0.131. The lowest BCUT2D eigenvalue weighted by Gasteiger charge is -2.31. The number of carbonyl (C=O) groups excluding carboxylic acids is 1. The van der Waals surface area contributed by atoms with Crippen molar-refractivity contribution in [3.63, 3.8) is 0 Å². The summed E-state index contributed by atoms with van der Waals surface area (Å²) in [6, 6.07) is 16.3. The molecule has 8 heteroatoms. The number of nitrogens with zero attached hydrogens (tertiary/aromatic N) is 2. The molecule has 7 nitrogen and oxygen atoms in total. The highest BCUT2D eigenvalue weighted by Crippen LogP contribution is 2.25. The van der Waals surface area contributed by atoms with Crippen LogP contribution in [0.5, 0.6) is 0 Å². The second-order valence-corrected chi connectivity index (χ2v) is 10.0. The molecule has 0 aromatic heterocycles. The number of anilines is 1. The van der Waals surface area contributed by atoms with Crippen molar-refractivity contribution in [2.45, 2.75) is 24.3 Å². The maximum atomic E-state index is 12.9. The summed E-state index contributed by atoms with van der Waals surface area (Å²) in [5.74, 6) is -0.492. The molecule has 1 atom stereocenters. The molecule has 1 amide bonds. The van der Waals surface area contributed by atoms with Crippen LogP contribution in [0.4, 0.5) is 5.69 Å². The van der Waals surface area contributed by atoms with Crippen molar-refractivity contribution in [3.05, 3.63) is 60.2 Å². The molecule has 2 fully saturated rings. The Balaban J connectivity index is 1.35. The fourth-order valence-corrected chi connectivity index (χ4v) is 5.62. The summed E-state index contributed by atoms with van der Waals surface area (Å²) in [6.45, 7) is 4.92. The van der Waals surface area contributed by atoms with Gasteiger partial charge in [0.2, 0.25) is 15.9 Å². The third-order valence-corrected chi connectivity index (χ3v) is 7.75. The zero-order valence-electron chi connectivity index (χ0n) is 17.6.